The van der Waals surface area contributed by atoms with Crippen molar-refractivity contribution in [3.05, 3.63) is 0 Å². The maximum Gasteiger partial charge on any atom is 0.232 e. The molecule has 0 aromatic rings. The molecule has 0 aliphatic rings. The molecule has 0 saturated carbocycles. The summed E-state index contributed by atoms with van der Waals surface area (Å²) in [6.07, 6.45) is 0.550. The summed E-state index contributed by atoms with van der Waals surface area (Å²) < 4.78 is 19.9. The van der Waals surface area contributed by atoms with Crippen molar-refractivity contribution in [3.63, 3.8) is 0 Å². The van der Waals surface area contributed by atoms with Gasteiger partial charge in [0.25, 0.3) is 0 Å². The molecule has 0 aliphatic carbocycles. The van der Waals surface area contributed by atoms with Crippen LogP contribution in [-0.2, 0) is 16.1 Å². The molecule has 0 aromatic heterocycles. The van der Waals surface area contributed by atoms with Gasteiger partial charge in [0.05, 0.1) is 6.04 Å². The number of aldehydes is 1. The summed E-state index contributed by atoms with van der Waals surface area (Å²) in [7, 11) is 0. The van der Waals surface area contributed by atoms with Crippen molar-refractivity contribution in [2.75, 3.05) is 0 Å². The number of carbonyl (C=O) groups is 1. The fourth-order valence-electron chi connectivity index (χ4n) is 0.187. The lowest BCUT2D eigenvalue weighted by Gasteiger charge is -1.97. The van der Waals surface area contributed by atoms with E-state index in [1.807, 2.05) is 0 Å². The maximum absolute atomic E-state index is 9.81. The maximum atomic E-state index is 9.81. The molecule has 5 heteroatoms. The Balaban J connectivity index is 3.38. The molecule has 2 atom stereocenters. The summed E-state index contributed by atoms with van der Waals surface area (Å²) in [6.45, 7) is 1.49. The van der Waals surface area contributed by atoms with Gasteiger partial charge in [-0.2, -0.15) is 0 Å². The van der Waals surface area contributed by atoms with Crippen LogP contribution >= 0.6 is 0 Å². The molecule has 0 heterocycles. The molecule has 2 unspecified atom stereocenters. The molecule has 0 aromatic carbocycles. The predicted octanol–water partition coefficient (Wildman–Crippen LogP) is -0.700. The smallest absolute Gasteiger partial charge is 0.232 e. The standard InChI is InChI=1S/C3H7NO3S/c1-3(2-5)4-8(6)7/h2-4H,1H3,(H,6,7). The van der Waals surface area contributed by atoms with Gasteiger partial charge in [-0.25, -0.2) is 8.93 Å². The zero-order valence-corrected chi connectivity index (χ0v) is 5.14. The Hall–Kier alpha value is -0.260. The second-order valence-electron chi connectivity index (χ2n) is 1.29. The normalized spacial score (nSPS) is 17.2. The van der Waals surface area contributed by atoms with Gasteiger partial charge in [-0.15, -0.1) is 0 Å². The van der Waals surface area contributed by atoms with Gasteiger partial charge in [-0.3, -0.25) is 4.55 Å². The van der Waals surface area contributed by atoms with Crippen LogP contribution in [0.4, 0.5) is 0 Å². The fourth-order valence-corrected chi connectivity index (χ4v) is 0.560. The number of rotatable bonds is 3. The van der Waals surface area contributed by atoms with E-state index in [4.69, 9.17) is 4.55 Å². The van der Waals surface area contributed by atoms with Crippen LogP contribution in [0.5, 0.6) is 0 Å². The lowest BCUT2D eigenvalue weighted by molar-refractivity contribution is -0.108. The van der Waals surface area contributed by atoms with Crippen molar-refractivity contribution < 1.29 is 13.6 Å². The highest BCUT2D eigenvalue weighted by Crippen LogP contribution is 1.72. The van der Waals surface area contributed by atoms with Crippen molar-refractivity contribution >= 4 is 17.6 Å². The highest BCUT2D eigenvalue weighted by atomic mass is 32.2. The van der Waals surface area contributed by atoms with Gasteiger partial charge in [0.1, 0.15) is 6.29 Å². The Bertz CT molecular complexity index is 105. The van der Waals surface area contributed by atoms with Gasteiger partial charge >= 0.3 is 0 Å². The molecule has 0 aliphatic heterocycles. The minimum Gasteiger partial charge on any atom is -0.302 e. The number of hydrogen-bond acceptors (Lipinski definition) is 2. The van der Waals surface area contributed by atoms with Gasteiger partial charge in [0.15, 0.2) is 0 Å². The number of hydrogen-bond donors (Lipinski definition) is 2. The summed E-state index contributed by atoms with van der Waals surface area (Å²) in [6, 6.07) is -0.555. The third-order valence-corrected chi connectivity index (χ3v) is 1.06. The van der Waals surface area contributed by atoms with E-state index < -0.39 is 17.3 Å². The predicted molar refractivity (Wildman–Crippen MR) is 29.4 cm³/mol. The molecule has 0 radical (unpaired) electrons. The van der Waals surface area contributed by atoms with Crippen LogP contribution < -0.4 is 4.72 Å². The van der Waals surface area contributed by atoms with Crippen LogP contribution in [0, 0.1) is 0 Å². The first-order valence-corrected chi connectivity index (χ1v) is 3.10. The molecule has 0 spiro atoms. The highest BCUT2D eigenvalue weighted by Gasteiger charge is 1.98. The van der Waals surface area contributed by atoms with E-state index >= 15 is 0 Å². The van der Waals surface area contributed by atoms with Crippen molar-refractivity contribution in [1.29, 1.82) is 0 Å². The largest absolute Gasteiger partial charge is 0.302 e. The van der Waals surface area contributed by atoms with Gasteiger partial charge in [0.2, 0.25) is 11.3 Å². The van der Waals surface area contributed by atoms with Crippen molar-refractivity contribution in [3.8, 4) is 0 Å². The lowest BCUT2D eigenvalue weighted by Crippen LogP contribution is -2.28. The third kappa shape index (κ3) is 3.91. The van der Waals surface area contributed by atoms with Gasteiger partial charge in [0, 0.05) is 0 Å². The van der Waals surface area contributed by atoms with Crippen LogP contribution in [0.3, 0.4) is 0 Å². The van der Waals surface area contributed by atoms with E-state index in [1.165, 1.54) is 6.92 Å². The zero-order chi connectivity index (χ0) is 6.57. The van der Waals surface area contributed by atoms with Crippen LogP contribution in [0.2, 0.25) is 0 Å². The van der Waals surface area contributed by atoms with Gasteiger partial charge < -0.3 is 4.79 Å². The zero-order valence-electron chi connectivity index (χ0n) is 4.33. The number of carbonyl (C=O) groups excluding carboxylic acids is 1. The molecule has 48 valence electrons. The SMILES string of the molecule is CC(C=O)NS(=O)O. The van der Waals surface area contributed by atoms with Crippen molar-refractivity contribution in [2.24, 2.45) is 0 Å². The summed E-state index contributed by atoms with van der Waals surface area (Å²) >= 11 is -2.08. The molecular weight excluding hydrogens is 130 g/mol. The quantitative estimate of drug-likeness (QED) is 0.399. The Morgan fingerprint density at radius 2 is 2.38 bits per heavy atom. The van der Waals surface area contributed by atoms with Crippen molar-refractivity contribution in [2.45, 2.75) is 13.0 Å². The molecular formula is C3H7NO3S. The first-order valence-electron chi connectivity index (χ1n) is 1.99. The van der Waals surface area contributed by atoms with E-state index in [0.717, 1.165) is 0 Å². The summed E-state index contributed by atoms with van der Waals surface area (Å²) in [5, 5.41) is 0. The summed E-state index contributed by atoms with van der Waals surface area (Å²) in [4.78, 5) is 9.73. The Kier molecular flexibility index (Phi) is 3.59. The average Bonchev–Trinajstić information content (AvgIpc) is 1.65. The van der Waals surface area contributed by atoms with Crippen LogP contribution in [0.15, 0.2) is 0 Å². The number of nitrogens with one attached hydrogen (secondary N) is 1. The van der Waals surface area contributed by atoms with Crippen molar-refractivity contribution in [1.82, 2.24) is 4.72 Å². The molecule has 0 bridgehead atoms. The Labute approximate surface area is 49.7 Å². The molecule has 0 fully saturated rings. The van der Waals surface area contributed by atoms with Gasteiger partial charge in [-0.05, 0) is 6.92 Å². The van der Waals surface area contributed by atoms with E-state index in [9.17, 15) is 9.00 Å². The van der Waals surface area contributed by atoms with Crippen LogP contribution in [-0.4, -0.2) is 21.1 Å². The molecule has 2 N–H and O–H groups in total. The summed E-state index contributed by atoms with van der Waals surface area (Å²) in [5.41, 5.74) is 0. The van der Waals surface area contributed by atoms with Crippen LogP contribution in [0.1, 0.15) is 6.92 Å². The highest BCUT2D eigenvalue weighted by molar-refractivity contribution is 7.77. The first kappa shape index (κ1) is 7.74. The molecule has 0 rings (SSSR count). The minimum absolute atomic E-state index is 0.550. The van der Waals surface area contributed by atoms with Crippen LogP contribution in [0.25, 0.3) is 0 Å². The monoisotopic (exact) mass is 137 g/mol. The molecule has 0 amide bonds. The molecule has 8 heavy (non-hydrogen) atoms. The average molecular weight is 137 g/mol. The summed E-state index contributed by atoms with van der Waals surface area (Å²) in [5.74, 6) is 0. The Morgan fingerprint density at radius 1 is 1.88 bits per heavy atom. The topological polar surface area (TPSA) is 66.4 Å². The van der Waals surface area contributed by atoms with Gasteiger partial charge in [-0.1, -0.05) is 0 Å². The van der Waals surface area contributed by atoms with E-state index in [-0.39, 0.29) is 0 Å². The van der Waals surface area contributed by atoms with E-state index in [1.54, 1.807) is 0 Å². The molecule has 0 saturated heterocycles. The lowest BCUT2D eigenvalue weighted by atomic mass is 10.4. The first-order chi connectivity index (χ1) is 3.66. The second kappa shape index (κ2) is 3.71. The van der Waals surface area contributed by atoms with E-state index in [0.29, 0.717) is 6.29 Å². The van der Waals surface area contributed by atoms with E-state index in [2.05, 4.69) is 4.72 Å². The fraction of sp³-hybridized carbons (Fsp3) is 0.667. The second-order valence-corrected chi connectivity index (χ2v) is 2.03. The molecule has 4 nitrogen and oxygen atoms in total. The Morgan fingerprint density at radius 3 is 2.50 bits per heavy atom. The third-order valence-electron chi connectivity index (χ3n) is 0.491. The minimum atomic E-state index is -2.08.